The van der Waals surface area contributed by atoms with Gasteiger partial charge in [-0.25, -0.2) is 4.68 Å². The molecule has 0 spiro atoms. The van der Waals surface area contributed by atoms with Crippen molar-refractivity contribution in [2.75, 3.05) is 13.1 Å². The highest BCUT2D eigenvalue weighted by Gasteiger charge is 2.17. The van der Waals surface area contributed by atoms with Gasteiger partial charge in [0.05, 0.1) is 33.3 Å². The Morgan fingerprint density at radius 2 is 1.93 bits per heavy atom. The first kappa shape index (κ1) is 18.6. The monoisotopic (exact) mass is 414 g/mol. The summed E-state index contributed by atoms with van der Waals surface area (Å²) < 4.78 is 2.27. The van der Waals surface area contributed by atoms with Crippen molar-refractivity contribution in [1.82, 2.24) is 25.2 Å². The summed E-state index contributed by atoms with van der Waals surface area (Å²) in [5.41, 5.74) is 2.48. The minimum absolute atomic E-state index is 0.181. The van der Waals surface area contributed by atoms with Gasteiger partial charge in [0.1, 0.15) is 5.84 Å². The standard InChI is InChI=1S/C19H19ClN6OS/c20-17-8-7-16(28-17)19(27)22-11-15-12-23-24-26(15)14-5-3-13(4-6-14)18(21)25-9-1-2-10-25/h3-8,12,21H,1-2,9-11H2,(H,22,27). The van der Waals surface area contributed by atoms with Gasteiger partial charge in [-0.3, -0.25) is 10.2 Å². The number of amidine groups is 1. The molecule has 28 heavy (non-hydrogen) atoms. The number of carbonyl (C=O) groups excluding carboxylic acids is 1. The number of nitrogens with zero attached hydrogens (tertiary/aromatic N) is 4. The van der Waals surface area contributed by atoms with Gasteiger partial charge < -0.3 is 10.2 Å². The fourth-order valence-corrected chi connectivity index (χ4v) is 4.13. The van der Waals surface area contributed by atoms with Crippen molar-refractivity contribution >= 4 is 34.7 Å². The zero-order valence-corrected chi connectivity index (χ0v) is 16.6. The molecule has 1 aliphatic rings. The van der Waals surface area contributed by atoms with Crippen LogP contribution in [0.4, 0.5) is 0 Å². The minimum Gasteiger partial charge on any atom is -0.357 e. The number of nitrogens with one attached hydrogen (secondary N) is 2. The van der Waals surface area contributed by atoms with Gasteiger partial charge >= 0.3 is 0 Å². The van der Waals surface area contributed by atoms with E-state index in [0.717, 1.165) is 42.9 Å². The Hall–Kier alpha value is -2.71. The van der Waals surface area contributed by atoms with Crippen LogP contribution in [-0.4, -0.2) is 44.7 Å². The van der Waals surface area contributed by atoms with Crippen molar-refractivity contribution in [3.05, 3.63) is 63.1 Å². The van der Waals surface area contributed by atoms with E-state index in [4.69, 9.17) is 17.0 Å². The number of hydrogen-bond donors (Lipinski definition) is 2. The van der Waals surface area contributed by atoms with E-state index in [2.05, 4.69) is 20.5 Å². The van der Waals surface area contributed by atoms with Crippen molar-refractivity contribution in [1.29, 1.82) is 5.41 Å². The molecule has 3 heterocycles. The first-order valence-electron chi connectivity index (χ1n) is 8.99. The highest BCUT2D eigenvalue weighted by atomic mass is 35.5. The number of likely N-dealkylation sites (tertiary alicyclic amines) is 1. The minimum atomic E-state index is -0.181. The summed E-state index contributed by atoms with van der Waals surface area (Å²) in [7, 11) is 0. The van der Waals surface area contributed by atoms with E-state index in [0.29, 0.717) is 21.6 Å². The topological polar surface area (TPSA) is 86.9 Å². The summed E-state index contributed by atoms with van der Waals surface area (Å²) in [5, 5.41) is 19.3. The van der Waals surface area contributed by atoms with Crippen LogP contribution in [0.15, 0.2) is 42.6 Å². The second-order valence-electron chi connectivity index (χ2n) is 6.51. The molecule has 144 valence electrons. The van der Waals surface area contributed by atoms with E-state index in [1.165, 1.54) is 11.3 Å². The van der Waals surface area contributed by atoms with Crippen LogP contribution in [0.1, 0.15) is 33.8 Å². The first-order valence-corrected chi connectivity index (χ1v) is 10.2. The van der Waals surface area contributed by atoms with Gasteiger partial charge in [0.25, 0.3) is 5.91 Å². The van der Waals surface area contributed by atoms with Gasteiger partial charge in [0, 0.05) is 18.7 Å². The third-order valence-electron chi connectivity index (χ3n) is 4.65. The highest BCUT2D eigenvalue weighted by Crippen LogP contribution is 2.21. The molecule has 7 nitrogen and oxygen atoms in total. The predicted molar refractivity (Wildman–Crippen MR) is 109 cm³/mol. The molecule has 0 atom stereocenters. The maximum Gasteiger partial charge on any atom is 0.261 e. The number of rotatable bonds is 5. The van der Waals surface area contributed by atoms with Crippen LogP contribution in [0.3, 0.4) is 0 Å². The maximum atomic E-state index is 12.2. The molecule has 2 aromatic heterocycles. The van der Waals surface area contributed by atoms with Crippen LogP contribution in [0.2, 0.25) is 4.34 Å². The quantitative estimate of drug-likeness (QED) is 0.495. The Kier molecular flexibility index (Phi) is 5.40. The Morgan fingerprint density at radius 3 is 2.61 bits per heavy atom. The molecule has 3 aromatic rings. The number of benzene rings is 1. The molecule has 2 N–H and O–H groups in total. The number of hydrogen-bond acceptors (Lipinski definition) is 5. The van der Waals surface area contributed by atoms with E-state index >= 15 is 0 Å². The Morgan fingerprint density at radius 1 is 1.18 bits per heavy atom. The van der Waals surface area contributed by atoms with E-state index in [-0.39, 0.29) is 5.91 Å². The number of halogens is 1. The molecule has 4 rings (SSSR count). The van der Waals surface area contributed by atoms with Crippen LogP contribution < -0.4 is 5.32 Å². The van der Waals surface area contributed by atoms with Crippen LogP contribution in [0.25, 0.3) is 5.69 Å². The maximum absolute atomic E-state index is 12.2. The third kappa shape index (κ3) is 3.93. The summed E-state index contributed by atoms with van der Waals surface area (Å²) in [5.74, 6) is 0.379. The zero-order chi connectivity index (χ0) is 19.5. The van der Waals surface area contributed by atoms with E-state index in [9.17, 15) is 4.79 Å². The lowest BCUT2D eigenvalue weighted by Gasteiger charge is -2.18. The Bertz CT molecular complexity index is 990. The molecule has 1 aromatic carbocycles. The average Bonchev–Trinajstić information content (AvgIpc) is 3.47. The second-order valence-corrected chi connectivity index (χ2v) is 8.23. The fraction of sp³-hybridized carbons (Fsp3) is 0.263. The molecular weight excluding hydrogens is 396 g/mol. The van der Waals surface area contributed by atoms with Gasteiger partial charge in [-0.1, -0.05) is 16.8 Å². The molecule has 1 saturated heterocycles. The Labute approximate surface area is 171 Å². The van der Waals surface area contributed by atoms with Crippen LogP contribution in [-0.2, 0) is 6.54 Å². The molecule has 0 radical (unpaired) electrons. The summed E-state index contributed by atoms with van der Waals surface area (Å²) in [4.78, 5) is 14.9. The predicted octanol–water partition coefficient (Wildman–Crippen LogP) is 3.33. The van der Waals surface area contributed by atoms with Crippen molar-refractivity contribution in [2.24, 2.45) is 0 Å². The molecule has 0 unspecified atom stereocenters. The van der Waals surface area contributed by atoms with Gasteiger partial charge in [0.15, 0.2) is 0 Å². The summed E-state index contributed by atoms with van der Waals surface area (Å²) in [6.45, 7) is 2.19. The van der Waals surface area contributed by atoms with E-state index < -0.39 is 0 Å². The fourth-order valence-electron chi connectivity index (χ4n) is 3.17. The number of carbonyl (C=O) groups is 1. The SMILES string of the molecule is N=C(c1ccc(-n2nncc2CNC(=O)c2ccc(Cl)s2)cc1)N1CCCC1. The van der Waals surface area contributed by atoms with Crippen molar-refractivity contribution in [3.8, 4) is 5.69 Å². The zero-order valence-electron chi connectivity index (χ0n) is 15.1. The van der Waals surface area contributed by atoms with Gasteiger partial charge in [-0.15, -0.1) is 16.4 Å². The molecule has 1 aliphatic heterocycles. The molecule has 0 bridgehead atoms. The van der Waals surface area contributed by atoms with Crippen molar-refractivity contribution in [2.45, 2.75) is 19.4 Å². The third-order valence-corrected chi connectivity index (χ3v) is 5.88. The van der Waals surface area contributed by atoms with Crippen LogP contribution >= 0.6 is 22.9 Å². The van der Waals surface area contributed by atoms with Gasteiger partial charge in [0.2, 0.25) is 0 Å². The largest absolute Gasteiger partial charge is 0.357 e. The normalized spacial score (nSPS) is 13.7. The smallest absolute Gasteiger partial charge is 0.261 e. The lowest BCUT2D eigenvalue weighted by molar-refractivity contribution is 0.0954. The lowest BCUT2D eigenvalue weighted by Crippen LogP contribution is -2.27. The molecule has 0 aliphatic carbocycles. The highest BCUT2D eigenvalue weighted by molar-refractivity contribution is 7.17. The summed E-state index contributed by atoms with van der Waals surface area (Å²) in [6, 6.07) is 11.1. The van der Waals surface area contributed by atoms with Crippen LogP contribution in [0.5, 0.6) is 0 Å². The molecule has 1 fully saturated rings. The van der Waals surface area contributed by atoms with Crippen molar-refractivity contribution in [3.63, 3.8) is 0 Å². The summed E-state index contributed by atoms with van der Waals surface area (Å²) in [6.07, 6.45) is 3.92. The first-order chi connectivity index (χ1) is 13.6. The summed E-state index contributed by atoms with van der Waals surface area (Å²) >= 11 is 7.12. The van der Waals surface area contributed by atoms with E-state index in [1.54, 1.807) is 23.0 Å². The van der Waals surface area contributed by atoms with Gasteiger partial charge in [-0.2, -0.15) is 0 Å². The van der Waals surface area contributed by atoms with Crippen molar-refractivity contribution < 1.29 is 4.79 Å². The number of thiophene rings is 1. The van der Waals surface area contributed by atoms with E-state index in [1.807, 2.05) is 24.3 Å². The Balaban J connectivity index is 1.44. The number of amides is 1. The van der Waals surface area contributed by atoms with Gasteiger partial charge in [-0.05, 0) is 49.2 Å². The second kappa shape index (κ2) is 8.12. The molecule has 0 saturated carbocycles. The molecule has 1 amide bonds. The molecular formula is C19H19ClN6OS. The lowest BCUT2D eigenvalue weighted by atomic mass is 10.1. The number of aromatic nitrogens is 3. The van der Waals surface area contributed by atoms with Crippen LogP contribution in [0, 0.1) is 5.41 Å². The average molecular weight is 415 g/mol. The molecule has 9 heteroatoms.